The summed E-state index contributed by atoms with van der Waals surface area (Å²) < 4.78 is 0. The number of aliphatic hydroxyl groups is 1. The maximum atomic E-state index is 12.1. The Hall–Kier alpha value is -1.59. The number of likely N-dealkylation sites (N-methyl/N-ethyl adjacent to an activating group) is 1. The van der Waals surface area contributed by atoms with Crippen LogP contribution in [0.5, 0.6) is 0 Å². The van der Waals surface area contributed by atoms with Crippen molar-refractivity contribution in [3.63, 3.8) is 0 Å². The van der Waals surface area contributed by atoms with Gasteiger partial charge < -0.3 is 20.6 Å². The lowest BCUT2D eigenvalue weighted by molar-refractivity contribution is -0.121. The zero-order chi connectivity index (χ0) is 15.2. The Labute approximate surface area is 126 Å². The van der Waals surface area contributed by atoms with E-state index in [1.165, 1.54) is 0 Å². The van der Waals surface area contributed by atoms with E-state index >= 15 is 0 Å². The molecule has 3 N–H and O–H groups in total. The van der Waals surface area contributed by atoms with Gasteiger partial charge in [0, 0.05) is 30.4 Å². The first-order valence-electron chi connectivity index (χ1n) is 7.63. The number of hydrogen-bond donors (Lipinski definition) is 3. The second kappa shape index (κ2) is 7.43. The van der Waals surface area contributed by atoms with Crippen molar-refractivity contribution in [2.45, 2.75) is 13.8 Å². The highest BCUT2D eigenvalue weighted by molar-refractivity contribution is 5.92. The number of nitrogens with zero attached hydrogens (tertiary/aromatic N) is 1. The van der Waals surface area contributed by atoms with Crippen LogP contribution in [0, 0.1) is 11.8 Å². The minimum absolute atomic E-state index is 0.0347. The summed E-state index contributed by atoms with van der Waals surface area (Å²) in [6.07, 6.45) is 0. The van der Waals surface area contributed by atoms with Crippen LogP contribution in [0.3, 0.4) is 0 Å². The topological polar surface area (TPSA) is 64.6 Å². The van der Waals surface area contributed by atoms with E-state index in [9.17, 15) is 4.79 Å². The first kappa shape index (κ1) is 15.8. The van der Waals surface area contributed by atoms with E-state index in [0.717, 1.165) is 31.0 Å². The van der Waals surface area contributed by atoms with Crippen LogP contribution in [0.15, 0.2) is 24.3 Å². The molecule has 1 atom stereocenters. The van der Waals surface area contributed by atoms with Gasteiger partial charge in [-0.15, -0.1) is 0 Å². The van der Waals surface area contributed by atoms with Gasteiger partial charge in [0.25, 0.3) is 0 Å². The monoisotopic (exact) mass is 291 g/mol. The lowest BCUT2D eigenvalue weighted by Crippen LogP contribution is -2.48. The molecule has 5 nitrogen and oxygen atoms in total. The average molecular weight is 291 g/mol. The molecule has 0 radical (unpaired) electrons. The fraction of sp³-hybridized carbons (Fsp3) is 0.562. The molecule has 1 aromatic carbocycles. The molecule has 1 heterocycles. The molecule has 0 aromatic heterocycles. The van der Waals surface area contributed by atoms with Crippen LogP contribution in [-0.4, -0.2) is 43.8 Å². The number of amides is 1. The first-order valence-corrected chi connectivity index (χ1v) is 7.63. The SMILES string of the molecule is CCN(CCO)c1ccc(NC(=O)C(C)C2CNC2)cc1. The first-order chi connectivity index (χ1) is 10.2. The summed E-state index contributed by atoms with van der Waals surface area (Å²) in [4.78, 5) is 14.2. The van der Waals surface area contributed by atoms with E-state index in [2.05, 4.69) is 22.5 Å². The number of hydrogen-bond acceptors (Lipinski definition) is 4. The predicted octanol–water partition coefficient (Wildman–Crippen LogP) is 1.30. The molecule has 0 bridgehead atoms. The highest BCUT2D eigenvalue weighted by atomic mass is 16.3. The van der Waals surface area contributed by atoms with Gasteiger partial charge >= 0.3 is 0 Å². The Balaban J connectivity index is 1.93. The third-order valence-electron chi connectivity index (χ3n) is 4.19. The maximum absolute atomic E-state index is 12.1. The van der Waals surface area contributed by atoms with Gasteiger partial charge in [-0.2, -0.15) is 0 Å². The van der Waals surface area contributed by atoms with E-state index < -0.39 is 0 Å². The van der Waals surface area contributed by atoms with E-state index in [4.69, 9.17) is 5.11 Å². The van der Waals surface area contributed by atoms with Gasteiger partial charge in [0.05, 0.1) is 6.61 Å². The predicted molar refractivity (Wildman–Crippen MR) is 85.6 cm³/mol. The number of rotatable bonds is 7. The average Bonchev–Trinajstić information content (AvgIpc) is 2.44. The van der Waals surface area contributed by atoms with Gasteiger partial charge in [-0.25, -0.2) is 0 Å². The van der Waals surface area contributed by atoms with Crippen LogP contribution in [0.4, 0.5) is 11.4 Å². The van der Waals surface area contributed by atoms with Gasteiger partial charge in [-0.05, 0) is 50.2 Å². The van der Waals surface area contributed by atoms with E-state index in [1.807, 2.05) is 31.2 Å². The molecule has 1 aromatic rings. The van der Waals surface area contributed by atoms with Crippen LogP contribution in [0.25, 0.3) is 0 Å². The van der Waals surface area contributed by atoms with Crippen molar-refractivity contribution in [1.29, 1.82) is 0 Å². The molecule has 1 aliphatic heterocycles. The van der Waals surface area contributed by atoms with Crippen molar-refractivity contribution in [3.8, 4) is 0 Å². The summed E-state index contributed by atoms with van der Waals surface area (Å²) in [5.74, 6) is 0.564. The molecule has 21 heavy (non-hydrogen) atoms. The second-order valence-electron chi connectivity index (χ2n) is 5.55. The summed E-state index contributed by atoms with van der Waals surface area (Å²) >= 11 is 0. The molecule has 1 amide bonds. The smallest absolute Gasteiger partial charge is 0.227 e. The molecule has 1 aliphatic rings. The van der Waals surface area contributed by atoms with Gasteiger partial charge in [0.15, 0.2) is 0 Å². The highest BCUT2D eigenvalue weighted by Gasteiger charge is 2.28. The van der Waals surface area contributed by atoms with Gasteiger partial charge in [-0.3, -0.25) is 4.79 Å². The molecule has 1 unspecified atom stereocenters. The molecule has 0 saturated carbocycles. The van der Waals surface area contributed by atoms with E-state index in [-0.39, 0.29) is 18.4 Å². The Morgan fingerprint density at radius 2 is 2.10 bits per heavy atom. The largest absolute Gasteiger partial charge is 0.395 e. The molecule has 5 heteroatoms. The highest BCUT2D eigenvalue weighted by Crippen LogP contribution is 2.21. The van der Waals surface area contributed by atoms with Crippen LogP contribution >= 0.6 is 0 Å². The number of carbonyl (C=O) groups excluding carboxylic acids is 1. The molecule has 1 fully saturated rings. The molecule has 2 rings (SSSR count). The van der Waals surface area contributed by atoms with Crippen molar-refractivity contribution >= 4 is 17.3 Å². The van der Waals surface area contributed by atoms with Crippen molar-refractivity contribution in [2.75, 3.05) is 43.0 Å². The summed E-state index contributed by atoms with van der Waals surface area (Å²) in [5.41, 5.74) is 1.88. The minimum Gasteiger partial charge on any atom is -0.395 e. The molecule has 1 saturated heterocycles. The standard InChI is InChI=1S/C16H25N3O2/c1-3-19(8-9-20)15-6-4-14(5-7-15)18-16(21)12(2)13-10-17-11-13/h4-7,12-13,17,20H,3,8-11H2,1-2H3,(H,18,21). The van der Waals surface area contributed by atoms with Crippen LogP contribution in [0.1, 0.15) is 13.8 Å². The van der Waals surface area contributed by atoms with Crippen molar-refractivity contribution in [3.05, 3.63) is 24.3 Å². The number of aliphatic hydroxyl groups excluding tert-OH is 1. The summed E-state index contributed by atoms with van der Waals surface area (Å²) in [6, 6.07) is 7.78. The number of benzene rings is 1. The van der Waals surface area contributed by atoms with Gasteiger partial charge in [0.2, 0.25) is 5.91 Å². The molecular weight excluding hydrogens is 266 g/mol. The van der Waals surface area contributed by atoms with Gasteiger partial charge in [0.1, 0.15) is 0 Å². The minimum atomic E-state index is 0.0347. The zero-order valence-electron chi connectivity index (χ0n) is 12.8. The fourth-order valence-electron chi connectivity index (χ4n) is 2.48. The number of anilines is 2. The Morgan fingerprint density at radius 3 is 2.57 bits per heavy atom. The molecule has 0 spiro atoms. The van der Waals surface area contributed by atoms with E-state index in [1.54, 1.807) is 0 Å². The summed E-state index contributed by atoms with van der Waals surface area (Å²) in [5, 5.41) is 15.2. The fourth-order valence-corrected chi connectivity index (χ4v) is 2.48. The normalized spacial score (nSPS) is 16.1. The van der Waals surface area contributed by atoms with Crippen LogP contribution in [-0.2, 0) is 4.79 Å². The van der Waals surface area contributed by atoms with E-state index in [0.29, 0.717) is 12.5 Å². The van der Waals surface area contributed by atoms with Crippen molar-refractivity contribution in [1.82, 2.24) is 5.32 Å². The third kappa shape index (κ3) is 3.95. The lowest BCUT2D eigenvalue weighted by atomic mass is 9.88. The Morgan fingerprint density at radius 1 is 1.43 bits per heavy atom. The molecular formula is C16H25N3O2. The summed E-state index contributed by atoms with van der Waals surface area (Å²) in [6.45, 7) is 7.50. The third-order valence-corrected chi connectivity index (χ3v) is 4.19. The second-order valence-corrected chi connectivity index (χ2v) is 5.55. The Bertz CT molecular complexity index is 457. The summed E-state index contributed by atoms with van der Waals surface area (Å²) in [7, 11) is 0. The van der Waals surface area contributed by atoms with Crippen LogP contribution < -0.4 is 15.5 Å². The zero-order valence-corrected chi connectivity index (χ0v) is 12.8. The Kier molecular flexibility index (Phi) is 5.59. The van der Waals surface area contributed by atoms with Gasteiger partial charge in [-0.1, -0.05) is 6.92 Å². The lowest BCUT2D eigenvalue weighted by Gasteiger charge is -2.31. The molecule has 0 aliphatic carbocycles. The number of carbonyl (C=O) groups is 1. The quantitative estimate of drug-likeness (QED) is 0.708. The number of nitrogens with one attached hydrogen (secondary N) is 2. The maximum Gasteiger partial charge on any atom is 0.227 e. The van der Waals surface area contributed by atoms with Crippen LogP contribution in [0.2, 0.25) is 0 Å². The van der Waals surface area contributed by atoms with Crippen molar-refractivity contribution < 1.29 is 9.90 Å². The van der Waals surface area contributed by atoms with Crippen molar-refractivity contribution in [2.24, 2.45) is 11.8 Å². The molecule has 116 valence electrons.